The lowest BCUT2D eigenvalue weighted by Crippen LogP contribution is -2.48. The molecule has 2 aromatic carbocycles. The second-order valence-corrected chi connectivity index (χ2v) is 17.7. The molecule has 4 aliphatic heterocycles. The molecule has 3 saturated heterocycles. The molecule has 1 amide bonds. The van der Waals surface area contributed by atoms with Crippen molar-refractivity contribution in [3.05, 3.63) is 71.6 Å². The number of benzene rings is 2. The molecule has 306 valence electrons. The van der Waals surface area contributed by atoms with E-state index in [-0.39, 0.29) is 17.5 Å². The smallest absolute Gasteiger partial charge is 0.259 e. The van der Waals surface area contributed by atoms with E-state index in [9.17, 15) is 14.4 Å². The largest absolute Gasteiger partial charge is 0.371 e. The zero-order valence-corrected chi connectivity index (χ0v) is 34.9. The molecule has 1 unspecified atom stereocenters. The van der Waals surface area contributed by atoms with E-state index in [1.54, 1.807) is 11.8 Å². The van der Waals surface area contributed by atoms with Gasteiger partial charge in [0, 0.05) is 105 Å². The fraction of sp³-hybridized carbons (Fsp3) is 0.542. The van der Waals surface area contributed by atoms with Gasteiger partial charge in [0.15, 0.2) is 5.78 Å². The highest BCUT2D eigenvalue weighted by atomic mass is 16.2. The maximum absolute atomic E-state index is 14.1. The molecule has 9 rings (SSSR count). The number of allylic oxidation sites excluding steroid dienone is 1. The maximum Gasteiger partial charge on any atom is 0.259 e. The summed E-state index contributed by atoms with van der Waals surface area (Å²) in [6.07, 6.45) is 14.4. The third-order valence-electron chi connectivity index (χ3n) is 14.5. The second kappa shape index (κ2) is 16.6. The summed E-state index contributed by atoms with van der Waals surface area (Å²) in [4.78, 5) is 55.8. The van der Waals surface area contributed by atoms with Crippen molar-refractivity contribution in [1.82, 2.24) is 24.3 Å². The van der Waals surface area contributed by atoms with Gasteiger partial charge in [-0.3, -0.25) is 29.2 Å². The summed E-state index contributed by atoms with van der Waals surface area (Å²) < 4.78 is 2.30. The number of anilines is 2. The summed E-state index contributed by atoms with van der Waals surface area (Å²) in [7, 11) is 2.16. The van der Waals surface area contributed by atoms with Crippen LogP contribution in [0, 0.1) is 5.92 Å². The lowest BCUT2D eigenvalue weighted by Gasteiger charge is -2.43. The van der Waals surface area contributed by atoms with Gasteiger partial charge in [-0.05, 0) is 126 Å². The fourth-order valence-corrected chi connectivity index (χ4v) is 10.6. The van der Waals surface area contributed by atoms with Crippen molar-refractivity contribution in [3.8, 4) is 0 Å². The van der Waals surface area contributed by atoms with Gasteiger partial charge in [-0.1, -0.05) is 19.1 Å². The van der Waals surface area contributed by atoms with E-state index in [1.165, 1.54) is 78.3 Å². The lowest BCUT2D eigenvalue weighted by atomic mass is 9.87. The number of fused-ring (bicyclic) bond motifs is 4. The van der Waals surface area contributed by atoms with Gasteiger partial charge in [-0.2, -0.15) is 0 Å². The minimum absolute atomic E-state index is 0.0500. The molecule has 1 aliphatic carbocycles. The van der Waals surface area contributed by atoms with Crippen LogP contribution in [0.1, 0.15) is 100 Å². The molecular weight excluding hydrogens is 723 g/mol. The van der Waals surface area contributed by atoms with Crippen molar-refractivity contribution < 1.29 is 14.4 Å². The highest BCUT2D eigenvalue weighted by molar-refractivity contribution is 6.12. The Hall–Kier alpha value is -4.54. The highest BCUT2D eigenvalue weighted by Crippen LogP contribution is 2.44. The molecule has 1 saturated carbocycles. The van der Waals surface area contributed by atoms with E-state index in [2.05, 4.69) is 78.7 Å². The average Bonchev–Trinajstić information content (AvgIpc) is 3.68. The van der Waals surface area contributed by atoms with Crippen molar-refractivity contribution in [3.63, 3.8) is 0 Å². The topological polar surface area (TPSA) is 85.2 Å². The first kappa shape index (κ1) is 38.9. The number of carbonyl (C=O) groups is 3. The number of pyridine rings is 1. The van der Waals surface area contributed by atoms with Crippen molar-refractivity contribution in [1.29, 1.82) is 0 Å². The average molecular weight is 784 g/mol. The first-order chi connectivity index (χ1) is 28.3. The number of nitrogens with zero attached hydrogens (tertiary/aromatic N) is 7. The van der Waals surface area contributed by atoms with Crippen LogP contribution in [0.5, 0.6) is 0 Å². The number of aromatic nitrogens is 2. The molecule has 58 heavy (non-hydrogen) atoms. The summed E-state index contributed by atoms with van der Waals surface area (Å²) in [5.41, 5.74) is 8.81. The van der Waals surface area contributed by atoms with Gasteiger partial charge in [-0.25, -0.2) is 0 Å². The molecular formula is C48H61N7O3. The van der Waals surface area contributed by atoms with Crippen molar-refractivity contribution in [2.45, 2.75) is 96.6 Å². The van der Waals surface area contributed by atoms with Crippen LogP contribution in [-0.4, -0.2) is 113 Å². The molecule has 0 N–H and O–H groups in total. The lowest BCUT2D eigenvalue weighted by molar-refractivity contribution is -0.121. The van der Waals surface area contributed by atoms with Gasteiger partial charge >= 0.3 is 0 Å². The second-order valence-electron chi connectivity index (χ2n) is 17.7. The first-order valence-corrected chi connectivity index (χ1v) is 22.3. The number of rotatable bonds is 12. The van der Waals surface area contributed by atoms with Gasteiger partial charge in [0.25, 0.3) is 5.91 Å². The van der Waals surface area contributed by atoms with E-state index in [1.807, 2.05) is 19.3 Å². The first-order valence-electron chi connectivity index (χ1n) is 22.3. The number of carbonyl (C=O) groups excluding carboxylic acids is 3. The van der Waals surface area contributed by atoms with E-state index in [0.29, 0.717) is 30.9 Å². The van der Waals surface area contributed by atoms with Crippen LogP contribution in [0.4, 0.5) is 11.4 Å². The third kappa shape index (κ3) is 7.47. The van der Waals surface area contributed by atoms with E-state index in [0.717, 1.165) is 87.9 Å². The molecule has 4 aromatic rings. The fourth-order valence-electron chi connectivity index (χ4n) is 10.6. The van der Waals surface area contributed by atoms with Crippen LogP contribution < -0.4 is 9.80 Å². The number of piperidine rings is 2. The number of piperazine rings is 1. The van der Waals surface area contributed by atoms with Crippen molar-refractivity contribution in [2.75, 3.05) is 68.7 Å². The summed E-state index contributed by atoms with van der Waals surface area (Å²) in [5, 5.41) is 2.51. The van der Waals surface area contributed by atoms with Gasteiger partial charge < -0.3 is 19.3 Å². The highest BCUT2D eigenvalue weighted by Gasteiger charge is 2.41. The van der Waals surface area contributed by atoms with Gasteiger partial charge in [-0.15, -0.1) is 0 Å². The molecule has 1 atom stereocenters. The van der Waals surface area contributed by atoms with Gasteiger partial charge in [0.05, 0.1) is 28.3 Å². The van der Waals surface area contributed by atoms with Crippen LogP contribution in [0.15, 0.2) is 60.4 Å². The van der Waals surface area contributed by atoms with Crippen LogP contribution in [0.2, 0.25) is 0 Å². The summed E-state index contributed by atoms with van der Waals surface area (Å²) in [5.74, 6) is 0.804. The Bertz CT molecular complexity index is 2210. The number of likely N-dealkylation sites (tertiary alicyclic amines) is 1. The zero-order valence-electron chi connectivity index (χ0n) is 34.9. The maximum atomic E-state index is 14.1. The van der Waals surface area contributed by atoms with Crippen molar-refractivity contribution in [2.24, 2.45) is 13.0 Å². The Labute approximate surface area is 343 Å². The number of amides is 1. The van der Waals surface area contributed by atoms with E-state index in [4.69, 9.17) is 0 Å². The predicted octanol–water partition coefficient (Wildman–Crippen LogP) is 7.69. The van der Waals surface area contributed by atoms with Crippen LogP contribution >= 0.6 is 0 Å². The number of Topliss-reactive ketones (excluding diaryl/α,β-unsaturated/α-hetero) is 2. The minimum Gasteiger partial charge on any atom is -0.371 e. The zero-order chi connectivity index (χ0) is 39.9. The Morgan fingerprint density at radius 1 is 0.810 bits per heavy atom. The van der Waals surface area contributed by atoms with Crippen LogP contribution in [0.3, 0.4) is 0 Å². The number of aryl methyl sites for hydroxylation is 1. The van der Waals surface area contributed by atoms with Crippen LogP contribution in [0.25, 0.3) is 27.5 Å². The van der Waals surface area contributed by atoms with Gasteiger partial charge in [0.1, 0.15) is 5.78 Å². The third-order valence-corrected chi connectivity index (χ3v) is 14.5. The van der Waals surface area contributed by atoms with E-state index >= 15 is 0 Å². The number of ketones is 2. The van der Waals surface area contributed by atoms with Crippen LogP contribution in [-0.2, 0) is 16.6 Å². The minimum atomic E-state index is -0.599. The Kier molecular flexibility index (Phi) is 11.2. The standard InChI is InChI=1S/C48H61N7O3/c1-4-39(57)10-13-44(33(2)56)55-47(35-6-5-7-35)41-12-9-37(30-42(41)48(55)58)54-28-26-51(27-29-54)21-15-34-16-22-52(23-17-34)36-18-24-53(25-19-36)38-8-11-40-43-32-49-20-14-45(43)50(3)46(40)31-38/h8-9,11-12,14,20,30-32,34,36,44H,4-7,10,13,15-19,21-29H2,1-3H3. The van der Waals surface area contributed by atoms with Crippen molar-refractivity contribution >= 4 is 56.4 Å². The Morgan fingerprint density at radius 3 is 2.24 bits per heavy atom. The molecule has 0 spiro atoms. The SMILES string of the molecule is CCC(=O)CCC(C(C)=O)N1C(=O)c2cc(N3CCN(CCC4CCN(C5CCN(c6ccc7c8cnccc8n(C)c7c6)CC5)CC4)CC3)ccc2C1=C1CCC1. The number of hydrogen-bond acceptors (Lipinski definition) is 8. The molecule has 5 aliphatic rings. The molecule has 2 aromatic heterocycles. The summed E-state index contributed by atoms with van der Waals surface area (Å²) in [6, 6.07) is 15.5. The molecule has 6 heterocycles. The Morgan fingerprint density at radius 2 is 1.53 bits per heavy atom. The summed E-state index contributed by atoms with van der Waals surface area (Å²) in [6.45, 7) is 13.2. The number of hydrogen-bond donors (Lipinski definition) is 0. The summed E-state index contributed by atoms with van der Waals surface area (Å²) >= 11 is 0. The van der Waals surface area contributed by atoms with Gasteiger partial charge in [0.2, 0.25) is 0 Å². The molecule has 0 radical (unpaired) electrons. The predicted molar refractivity (Wildman–Crippen MR) is 233 cm³/mol. The van der Waals surface area contributed by atoms with E-state index < -0.39 is 6.04 Å². The monoisotopic (exact) mass is 783 g/mol. The quantitative estimate of drug-likeness (QED) is 0.145. The molecule has 4 fully saturated rings. The Balaban J connectivity index is 0.739. The molecule has 10 nitrogen and oxygen atoms in total. The normalized spacial score (nSPS) is 20.7. The molecule has 10 heteroatoms. The molecule has 0 bridgehead atoms.